The minimum absolute atomic E-state index is 0.0136. The second-order valence-corrected chi connectivity index (χ2v) is 13.3. The topological polar surface area (TPSA) is 159 Å². The van der Waals surface area contributed by atoms with Crippen molar-refractivity contribution >= 4 is 33.2 Å². The van der Waals surface area contributed by atoms with Gasteiger partial charge in [0.1, 0.15) is 15.4 Å². The number of alkyl halides is 3. The lowest BCUT2D eigenvalue weighted by Gasteiger charge is -2.26. The molecule has 220 valence electrons. The number of hydrogen-bond acceptors (Lipinski definition) is 8. The van der Waals surface area contributed by atoms with Crippen LogP contribution in [0.15, 0.2) is 51.2 Å². The average Bonchev–Trinajstić information content (AvgIpc) is 3.24. The second kappa shape index (κ2) is 10.9. The fourth-order valence-electron chi connectivity index (χ4n) is 5.08. The van der Waals surface area contributed by atoms with E-state index in [-0.39, 0.29) is 45.7 Å². The molecule has 2 aliphatic carbocycles. The number of benzene rings is 1. The Labute approximate surface area is 236 Å². The Balaban J connectivity index is 1.27. The summed E-state index contributed by atoms with van der Waals surface area (Å²) < 4.78 is 71.1. The molecule has 2 saturated carbocycles. The first-order chi connectivity index (χ1) is 19.3. The van der Waals surface area contributed by atoms with Crippen LogP contribution in [-0.2, 0) is 32.2 Å². The van der Waals surface area contributed by atoms with Crippen LogP contribution in [0.3, 0.4) is 0 Å². The quantitative estimate of drug-likeness (QED) is 0.285. The number of hydrogen-bond donors (Lipinski definition) is 4. The maximum atomic E-state index is 13.1. The number of rotatable bonds is 9. The van der Waals surface area contributed by atoms with Gasteiger partial charge in [-0.3, -0.25) is 9.59 Å². The van der Waals surface area contributed by atoms with Crippen LogP contribution in [0.5, 0.6) is 0 Å². The summed E-state index contributed by atoms with van der Waals surface area (Å²) in [5.74, 6) is -3.62. The van der Waals surface area contributed by atoms with Gasteiger partial charge in [0.15, 0.2) is 0 Å². The summed E-state index contributed by atoms with van der Waals surface area (Å²) in [5, 5.41) is 25.9. The first-order valence-corrected chi connectivity index (χ1v) is 15.0. The molecule has 0 aliphatic heterocycles. The Bertz CT molecular complexity index is 1560. The van der Waals surface area contributed by atoms with Gasteiger partial charge in [0.05, 0.1) is 17.4 Å². The zero-order valence-corrected chi connectivity index (χ0v) is 23.0. The highest BCUT2D eigenvalue weighted by atomic mass is 32.2. The molecule has 10 nitrogen and oxygen atoms in total. The molecule has 2 fully saturated rings. The molecule has 0 saturated heterocycles. The Morgan fingerprint density at radius 1 is 1.12 bits per heavy atom. The molecule has 2 heterocycles. The second-order valence-electron chi connectivity index (χ2n) is 10.3. The van der Waals surface area contributed by atoms with Crippen LogP contribution in [0.25, 0.3) is 10.6 Å². The van der Waals surface area contributed by atoms with E-state index in [9.17, 15) is 41.4 Å². The molecule has 0 bridgehead atoms. The first kappa shape index (κ1) is 29.2. The van der Waals surface area contributed by atoms with Crippen molar-refractivity contribution in [3.8, 4) is 10.6 Å². The molecule has 15 heteroatoms. The number of carboxylic acid groups (broad SMARTS) is 1. The molecule has 2 aliphatic rings. The third-order valence-electron chi connectivity index (χ3n) is 7.33. The van der Waals surface area contributed by atoms with Gasteiger partial charge >= 0.3 is 12.1 Å². The van der Waals surface area contributed by atoms with Crippen molar-refractivity contribution in [1.82, 2.24) is 15.2 Å². The average molecular weight is 614 g/mol. The Hall–Kier alpha value is -3.27. The Morgan fingerprint density at radius 3 is 2.51 bits per heavy atom. The number of nitrogens with one attached hydrogen (secondary N) is 2. The van der Waals surface area contributed by atoms with Crippen LogP contribution in [0, 0.1) is 0 Å². The Kier molecular flexibility index (Phi) is 7.74. The normalized spacial score (nSPS) is 24.6. The van der Waals surface area contributed by atoms with E-state index in [1.807, 2.05) is 0 Å². The molecule has 4 N–H and O–H groups in total. The third-order valence-corrected chi connectivity index (χ3v) is 10.4. The first-order valence-electron chi connectivity index (χ1n) is 12.7. The molecule has 0 radical (unpaired) electrons. The molecule has 0 spiro atoms. The summed E-state index contributed by atoms with van der Waals surface area (Å²) in [6, 6.07) is 9.80. The van der Waals surface area contributed by atoms with Gasteiger partial charge in [0.2, 0.25) is 11.7 Å². The van der Waals surface area contributed by atoms with Crippen molar-refractivity contribution in [3.63, 3.8) is 0 Å². The maximum absolute atomic E-state index is 13.1. The number of aliphatic carboxylic acids is 1. The largest absolute Gasteiger partial charge is 0.480 e. The van der Waals surface area contributed by atoms with E-state index < -0.39 is 39.4 Å². The van der Waals surface area contributed by atoms with E-state index in [4.69, 9.17) is 0 Å². The van der Waals surface area contributed by atoms with Crippen LogP contribution in [0.4, 0.5) is 13.2 Å². The minimum Gasteiger partial charge on any atom is -0.480 e. The number of carbonyl (C=O) groups is 2. The predicted octanol–water partition coefficient (Wildman–Crippen LogP) is 3.67. The summed E-state index contributed by atoms with van der Waals surface area (Å²) in [7, 11) is -4.37. The number of aliphatic hydroxyl groups is 1. The van der Waals surface area contributed by atoms with Crippen molar-refractivity contribution in [3.05, 3.63) is 59.4 Å². The third kappa shape index (κ3) is 6.32. The highest BCUT2D eigenvalue weighted by Gasteiger charge is 2.63. The highest BCUT2D eigenvalue weighted by molar-refractivity contribution is 7.91. The number of sulfonamides is 1. The van der Waals surface area contributed by atoms with Gasteiger partial charge in [0.25, 0.3) is 10.0 Å². The van der Waals surface area contributed by atoms with Crippen molar-refractivity contribution < 1.29 is 45.9 Å². The van der Waals surface area contributed by atoms with Crippen molar-refractivity contribution in [2.45, 2.75) is 72.5 Å². The Morgan fingerprint density at radius 2 is 1.85 bits per heavy atom. The van der Waals surface area contributed by atoms with Crippen LogP contribution in [0.1, 0.15) is 54.9 Å². The molecule has 41 heavy (non-hydrogen) atoms. The molecule has 2 aromatic heterocycles. The number of aromatic nitrogens is 1. The molecule has 3 aromatic rings. The molecule has 2 atom stereocenters. The number of halogens is 3. The van der Waals surface area contributed by atoms with E-state index in [0.717, 1.165) is 6.07 Å². The minimum atomic E-state index is -4.76. The van der Waals surface area contributed by atoms with Crippen molar-refractivity contribution in [2.75, 3.05) is 0 Å². The standard InChI is InChI=1S/C26H26F3N3O7S2/c27-26(28,29)21-12-19(31-39-21)20-8-9-23(40-20)41(37,38)32-25(24(35)36)13-18(25)15-3-1-2-14(10-15)11-22(34)30-16-4-6-17(33)7-5-16/h1-3,8-10,12,16-18,32-33H,4-7,11,13H2,(H,30,34)(H,35,36)/t16?,17?,18-,25+/m0/s1. The summed E-state index contributed by atoms with van der Waals surface area (Å²) in [6.45, 7) is 0. The van der Waals surface area contributed by atoms with Crippen LogP contribution in [0.2, 0.25) is 0 Å². The van der Waals surface area contributed by atoms with Crippen molar-refractivity contribution in [2.24, 2.45) is 0 Å². The fraction of sp³-hybridized carbons (Fsp3) is 0.423. The van der Waals surface area contributed by atoms with Gasteiger partial charge in [-0.05, 0) is 55.4 Å². The number of thiophene rings is 1. The maximum Gasteiger partial charge on any atom is 0.452 e. The molecular formula is C26H26F3N3O7S2. The van der Waals surface area contributed by atoms with E-state index in [1.165, 1.54) is 6.07 Å². The summed E-state index contributed by atoms with van der Waals surface area (Å²) >= 11 is 0.626. The van der Waals surface area contributed by atoms with E-state index in [0.29, 0.717) is 54.2 Å². The van der Waals surface area contributed by atoms with Crippen LogP contribution < -0.4 is 10.0 Å². The lowest BCUT2D eigenvalue weighted by Crippen LogP contribution is -2.44. The number of nitrogens with zero attached hydrogens (tertiary/aromatic N) is 1. The van der Waals surface area contributed by atoms with Gasteiger partial charge in [-0.25, -0.2) is 8.42 Å². The monoisotopic (exact) mass is 613 g/mol. The fourth-order valence-corrected chi connectivity index (χ4v) is 7.74. The number of carbonyl (C=O) groups excluding carboxylic acids is 1. The molecule has 0 unspecified atom stereocenters. The van der Waals surface area contributed by atoms with Gasteiger partial charge in [-0.1, -0.05) is 29.4 Å². The zero-order chi connectivity index (χ0) is 29.6. The molecular weight excluding hydrogens is 587 g/mol. The number of amides is 1. The van der Waals surface area contributed by atoms with Crippen LogP contribution >= 0.6 is 11.3 Å². The number of carboxylic acids is 1. The predicted molar refractivity (Wildman–Crippen MR) is 139 cm³/mol. The molecule has 5 rings (SSSR count). The lowest BCUT2D eigenvalue weighted by molar-refractivity contribution is -0.155. The number of aliphatic hydroxyl groups excluding tert-OH is 1. The summed E-state index contributed by atoms with van der Waals surface area (Å²) in [5.41, 5.74) is -0.846. The van der Waals surface area contributed by atoms with Crippen LogP contribution in [-0.4, -0.2) is 53.3 Å². The van der Waals surface area contributed by atoms with Gasteiger partial charge in [-0.15, -0.1) is 11.3 Å². The molecule has 1 amide bonds. The SMILES string of the molecule is O=C(Cc1cccc([C@@H]2C[C@]2(NS(=O)(=O)c2ccc(-c3cc(C(F)(F)F)on3)s2)C(=O)O)c1)NC1CCC(O)CC1. The van der Waals surface area contributed by atoms with E-state index >= 15 is 0 Å². The van der Waals surface area contributed by atoms with E-state index in [1.54, 1.807) is 24.3 Å². The molecule has 1 aromatic carbocycles. The highest BCUT2D eigenvalue weighted by Crippen LogP contribution is 2.53. The van der Waals surface area contributed by atoms with E-state index in [2.05, 4.69) is 19.7 Å². The van der Waals surface area contributed by atoms with Crippen molar-refractivity contribution in [1.29, 1.82) is 0 Å². The van der Waals surface area contributed by atoms with Gasteiger partial charge in [-0.2, -0.15) is 17.9 Å². The summed E-state index contributed by atoms with van der Waals surface area (Å²) in [4.78, 5) is 24.9. The summed E-state index contributed by atoms with van der Waals surface area (Å²) in [6.07, 6.45) is -2.44. The smallest absolute Gasteiger partial charge is 0.452 e. The van der Waals surface area contributed by atoms with Gasteiger partial charge < -0.3 is 20.1 Å². The lowest BCUT2D eigenvalue weighted by atomic mass is 9.93. The van der Waals surface area contributed by atoms with Gasteiger partial charge in [0, 0.05) is 18.0 Å². The zero-order valence-electron chi connectivity index (χ0n) is 21.3.